The van der Waals surface area contributed by atoms with E-state index in [4.69, 9.17) is 11.6 Å². The number of quaternary nitrogens is 1. The molecule has 3 nitrogen and oxygen atoms in total. The first-order chi connectivity index (χ1) is 11.5. The molecule has 0 radical (unpaired) electrons. The van der Waals surface area contributed by atoms with Gasteiger partial charge >= 0.3 is 0 Å². The molecular weight excluding hydrogens is 334 g/mol. The van der Waals surface area contributed by atoms with Gasteiger partial charge in [-0.05, 0) is 30.3 Å². The van der Waals surface area contributed by atoms with E-state index in [1.54, 1.807) is 12.1 Å². The Balaban J connectivity index is 1.62. The third kappa shape index (κ3) is 4.52. The van der Waals surface area contributed by atoms with Crippen LogP contribution in [0.4, 0.5) is 14.5 Å². The first kappa shape index (κ1) is 16.9. The number of hydrogen-bond donors (Lipinski definition) is 2. The van der Waals surface area contributed by atoms with Gasteiger partial charge in [-0.25, -0.2) is 8.78 Å². The number of rotatable bonds is 6. The molecule has 1 amide bonds. The molecule has 0 aromatic heterocycles. The Kier molecular flexibility index (Phi) is 5.11. The number of nitrogens with one attached hydrogen (secondary N) is 2. The van der Waals surface area contributed by atoms with Crippen LogP contribution in [-0.2, 0) is 11.3 Å². The van der Waals surface area contributed by atoms with Crippen LogP contribution in [0.15, 0.2) is 42.5 Å². The van der Waals surface area contributed by atoms with Gasteiger partial charge in [0.05, 0.1) is 11.7 Å². The SMILES string of the molecule is O=C(C[NH+](Cc1ccc(F)cc1)C1CC1)Nc1ccc(Cl)cc1F. The van der Waals surface area contributed by atoms with Crippen molar-refractivity contribution >= 4 is 23.2 Å². The smallest absolute Gasteiger partial charge is 0.279 e. The highest BCUT2D eigenvalue weighted by molar-refractivity contribution is 6.30. The molecule has 126 valence electrons. The van der Waals surface area contributed by atoms with Gasteiger partial charge in [0.15, 0.2) is 6.54 Å². The van der Waals surface area contributed by atoms with Gasteiger partial charge < -0.3 is 10.2 Å². The van der Waals surface area contributed by atoms with Crippen LogP contribution in [0.5, 0.6) is 0 Å². The van der Waals surface area contributed by atoms with E-state index >= 15 is 0 Å². The largest absolute Gasteiger partial charge is 0.321 e. The highest BCUT2D eigenvalue weighted by Crippen LogP contribution is 2.19. The quantitative estimate of drug-likeness (QED) is 0.824. The third-order valence-electron chi connectivity index (χ3n) is 4.09. The Bertz CT molecular complexity index is 732. The number of carbonyl (C=O) groups is 1. The summed E-state index contributed by atoms with van der Waals surface area (Å²) in [5.41, 5.74) is 1.10. The second-order valence-electron chi connectivity index (χ2n) is 6.08. The summed E-state index contributed by atoms with van der Waals surface area (Å²) >= 11 is 5.71. The summed E-state index contributed by atoms with van der Waals surface area (Å²) in [6.45, 7) is 0.881. The van der Waals surface area contributed by atoms with Crippen LogP contribution in [0.25, 0.3) is 0 Å². The fraction of sp³-hybridized carbons (Fsp3) is 0.278. The van der Waals surface area contributed by atoms with Crippen molar-refractivity contribution in [3.8, 4) is 0 Å². The summed E-state index contributed by atoms with van der Waals surface area (Å²) in [6.07, 6.45) is 2.14. The Morgan fingerprint density at radius 2 is 1.88 bits per heavy atom. The standard InChI is InChI=1S/C18H17ClF2N2O/c19-13-3-8-17(16(21)9-13)22-18(24)11-23(15-6-7-15)10-12-1-4-14(20)5-2-12/h1-5,8-9,15H,6-7,10-11H2,(H,22,24)/p+1. The maximum atomic E-state index is 13.8. The summed E-state index contributed by atoms with van der Waals surface area (Å²) in [7, 11) is 0. The molecular formula is C18H18ClF2N2O+. The minimum absolute atomic E-state index is 0.126. The molecule has 1 aliphatic rings. The van der Waals surface area contributed by atoms with Gasteiger partial charge in [-0.15, -0.1) is 0 Å². The van der Waals surface area contributed by atoms with Crippen LogP contribution >= 0.6 is 11.6 Å². The van der Waals surface area contributed by atoms with E-state index in [0.717, 1.165) is 23.3 Å². The molecule has 0 saturated heterocycles. The molecule has 0 heterocycles. The number of hydrogen-bond acceptors (Lipinski definition) is 1. The van der Waals surface area contributed by atoms with Crippen molar-refractivity contribution in [1.82, 2.24) is 0 Å². The van der Waals surface area contributed by atoms with E-state index in [9.17, 15) is 13.6 Å². The van der Waals surface area contributed by atoms with E-state index < -0.39 is 5.82 Å². The second kappa shape index (κ2) is 7.28. The molecule has 24 heavy (non-hydrogen) atoms. The minimum atomic E-state index is -0.553. The summed E-state index contributed by atoms with van der Waals surface area (Å²) in [4.78, 5) is 13.4. The Hall–Kier alpha value is -1.98. The zero-order valence-corrected chi connectivity index (χ0v) is 13.7. The minimum Gasteiger partial charge on any atom is -0.321 e. The second-order valence-corrected chi connectivity index (χ2v) is 6.52. The van der Waals surface area contributed by atoms with Crippen molar-refractivity contribution in [1.29, 1.82) is 0 Å². The number of halogens is 3. The van der Waals surface area contributed by atoms with Gasteiger partial charge in [-0.3, -0.25) is 4.79 Å². The average molecular weight is 352 g/mol. The first-order valence-corrected chi connectivity index (χ1v) is 8.23. The average Bonchev–Trinajstić information content (AvgIpc) is 3.36. The Labute approximate surface area is 144 Å². The van der Waals surface area contributed by atoms with Crippen LogP contribution in [0.3, 0.4) is 0 Å². The number of anilines is 1. The summed E-state index contributed by atoms with van der Waals surface area (Å²) in [5, 5.41) is 2.88. The summed E-state index contributed by atoms with van der Waals surface area (Å²) < 4.78 is 26.8. The van der Waals surface area contributed by atoms with E-state index in [1.807, 2.05) is 0 Å². The van der Waals surface area contributed by atoms with Gasteiger partial charge in [0.1, 0.15) is 18.2 Å². The van der Waals surface area contributed by atoms with Gasteiger partial charge in [0.25, 0.3) is 5.91 Å². The molecule has 0 aliphatic heterocycles. The predicted molar refractivity (Wildman–Crippen MR) is 89.0 cm³/mol. The fourth-order valence-electron chi connectivity index (χ4n) is 2.70. The van der Waals surface area contributed by atoms with Crippen molar-refractivity contribution < 1.29 is 18.5 Å². The van der Waals surface area contributed by atoms with Crippen LogP contribution in [0.2, 0.25) is 5.02 Å². The Morgan fingerprint density at radius 3 is 2.50 bits per heavy atom. The van der Waals surface area contributed by atoms with Crippen LogP contribution in [0.1, 0.15) is 18.4 Å². The van der Waals surface area contributed by atoms with Gasteiger partial charge in [0, 0.05) is 23.4 Å². The molecule has 2 aromatic carbocycles. The lowest BCUT2D eigenvalue weighted by Gasteiger charge is -2.19. The summed E-state index contributed by atoms with van der Waals surface area (Å²) in [5.74, 6) is -1.08. The van der Waals surface area contributed by atoms with Gasteiger partial charge in [-0.2, -0.15) is 0 Å². The molecule has 2 aromatic rings. The van der Waals surface area contributed by atoms with Crippen molar-refractivity contribution in [3.63, 3.8) is 0 Å². The normalized spacial score (nSPS) is 15.1. The summed E-state index contributed by atoms with van der Waals surface area (Å²) in [6, 6.07) is 10.9. The monoisotopic (exact) mass is 351 g/mol. The van der Waals surface area contributed by atoms with E-state index in [1.165, 1.54) is 30.3 Å². The molecule has 1 atom stereocenters. The van der Waals surface area contributed by atoms with Crippen molar-refractivity contribution in [2.45, 2.75) is 25.4 Å². The van der Waals surface area contributed by atoms with Gasteiger partial charge in [0.2, 0.25) is 0 Å². The zero-order valence-electron chi connectivity index (χ0n) is 13.0. The topological polar surface area (TPSA) is 33.5 Å². The van der Waals surface area contributed by atoms with Crippen molar-refractivity contribution in [2.24, 2.45) is 0 Å². The molecule has 1 saturated carbocycles. The fourth-order valence-corrected chi connectivity index (χ4v) is 2.86. The molecule has 1 unspecified atom stereocenters. The highest BCUT2D eigenvalue weighted by atomic mass is 35.5. The van der Waals surface area contributed by atoms with E-state index in [0.29, 0.717) is 12.6 Å². The molecule has 3 rings (SSSR count). The number of benzene rings is 2. The van der Waals surface area contributed by atoms with E-state index in [2.05, 4.69) is 5.32 Å². The number of carbonyl (C=O) groups excluding carboxylic acids is 1. The van der Waals surface area contributed by atoms with E-state index in [-0.39, 0.29) is 29.0 Å². The van der Waals surface area contributed by atoms with Gasteiger partial charge in [-0.1, -0.05) is 23.7 Å². The van der Waals surface area contributed by atoms with Crippen molar-refractivity contribution in [2.75, 3.05) is 11.9 Å². The van der Waals surface area contributed by atoms with Crippen molar-refractivity contribution in [3.05, 3.63) is 64.7 Å². The lowest BCUT2D eigenvalue weighted by Crippen LogP contribution is -3.13. The molecule has 6 heteroatoms. The maximum absolute atomic E-state index is 13.8. The predicted octanol–water partition coefficient (Wildman–Crippen LogP) is 2.80. The zero-order chi connectivity index (χ0) is 17.1. The lowest BCUT2D eigenvalue weighted by atomic mass is 10.2. The van der Waals surface area contributed by atoms with Crippen LogP contribution in [0, 0.1) is 11.6 Å². The lowest BCUT2D eigenvalue weighted by molar-refractivity contribution is -0.916. The van der Waals surface area contributed by atoms with Crippen LogP contribution < -0.4 is 10.2 Å². The Morgan fingerprint density at radius 1 is 1.17 bits per heavy atom. The number of amides is 1. The molecule has 2 N–H and O–H groups in total. The first-order valence-electron chi connectivity index (χ1n) is 7.85. The third-order valence-corrected chi connectivity index (χ3v) is 4.33. The van der Waals surface area contributed by atoms with Crippen LogP contribution in [-0.4, -0.2) is 18.5 Å². The molecule has 0 bridgehead atoms. The maximum Gasteiger partial charge on any atom is 0.279 e. The molecule has 0 spiro atoms. The highest BCUT2D eigenvalue weighted by Gasteiger charge is 2.34. The molecule has 1 fully saturated rings. The molecule has 1 aliphatic carbocycles.